The van der Waals surface area contributed by atoms with Gasteiger partial charge in [-0.25, -0.2) is 10.4 Å². The first kappa shape index (κ1) is 18.2. The lowest BCUT2D eigenvalue weighted by Gasteiger charge is -2.08. The van der Waals surface area contributed by atoms with Crippen molar-refractivity contribution in [1.29, 1.82) is 0 Å². The summed E-state index contributed by atoms with van der Waals surface area (Å²) in [5, 5.41) is 15.2. The van der Waals surface area contributed by atoms with Crippen LogP contribution in [0.4, 0.5) is 0 Å². The van der Waals surface area contributed by atoms with Gasteiger partial charge >= 0.3 is 0 Å². The number of hydrogen-bond acceptors (Lipinski definition) is 6. The summed E-state index contributed by atoms with van der Waals surface area (Å²) in [5.41, 5.74) is 3.46. The molecule has 8 heteroatoms. The minimum Gasteiger partial charge on any atom is -0.543 e. The Morgan fingerprint density at radius 1 is 0.963 bits per heavy atom. The van der Waals surface area contributed by atoms with Crippen LogP contribution in [0.2, 0.25) is 5.02 Å². The molecule has 0 fully saturated rings. The minimum atomic E-state index is -1.53. The van der Waals surface area contributed by atoms with Crippen molar-refractivity contribution >= 4 is 29.2 Å². The van der Waals surface area contributed by atoms with Crippen LogP contribution >= 0.6 is 11.6 Å². The summed E-state index contributed by atoms with van der Waals surface area (Å²) < 4.78 is 0. The molecule has 3 rings (SSSR count). The quantitative estimate of drug-likeness (QED) is 0.536. The summed E-state index contributed by atoms with van der Waals surface area (Å²) >= 11 is 5.84. The average molecular weight is 380 g/mol. The zero-order valence-electron chi connectivity index (χ0n) is 13.8. The van der Waals surface area contributed by atoms with Gasteiger partial charge in [0.2, 0.25) is 0 Å². The van der Waals surface area contributed by atoms with Crippen molar-refractivity contribution in [2.24, 2.45) is 5.10 Å². The number of hydrogen-bond donors (Lipinski definition) is 1. The summed E-state index contributed by atoms with van der Waals surface area (Å²) in [6, 6.07) is 16.8. The van der Waals surface area contributed by atoms with Gasteiger partial charge in [-0.2, -0.15) is 5.10 Å². The predicted octanol–water partition coefficient (Wildman–Crippen LogP) is 1.68. The number of aromatic carboxylic acids is 1. The molecule has 0 saturated heterocycles. The molecular weight excluding hydrogens is 368 g/mol. The molecule has 1 amide bonds. The Labute approximate surface area is 159 Å². The molecule has 0 bridgehead atoms. The highest BCUT2D eigenvalue weighted by Gasteiger charge is 2.13. The van der Waals surface area contributed by atoms with Gasteiger partial charge in [0.05, 0.1) is 17.4 Å². The van der Waals surface area contributed by atoms with Gasteiger partial charge in [-0.3, -0.25) is 9.78 Å². The van der Waals surface area contributed by atoms with Crippen molar-refractivity contribution in [3.8, 4) is 0 Å². The molecule has 1 N–H and O–H groups in total. The van der Waals surface area contributed by atoms with E-state index in [0.717, 1.165) is 11.6 Å². The van der Waals surface area contributed by atoms with Crippen LogP contribution in [0, 0.1) is 0 Å². The monoisotopic (exact) mass is 379 g/mol. The number of carboxylic acids is 1. The molecule has 0 saturated carbocycles. The molecule has 134 valence electrons. The van der Waals surface area contributed by atoms with Crippen LogP contribution in [0.15, 0.2) is 72.0 Å². The Morgan fingerprint density at radius 3 is 2.33 bits per heavy atom. The summed E-state index contributed by atoms with van der Waals surface area (Å²) in [7, 11) is 0. The third-order valence-corrected chi connectivity index (χ3v) is 3.67. The lowest BCUT2D eigenvalue weighted by Crippen LogP contribution is -2.26. The lowest BCUT2D eigenvalue weighted by atomic mass is 10.1. The van der Waals surface area contributed by atoms with Gasteiger partial charge in [-0.1, -0.05) is 48.0 Å². The molecule has 27 heavy (non-hydrogen) atoms. The van der Waals surface area contributed by atoms with Gasteiger partial charge in [0.15, 0.2) is 0 Å². The van der Waals surface area contributed by atoms with E-state index in [2.05, 4.69) is 20.5 Å². The Kier molecular flexibility index (Phi) is 5.53. The molecule has 0 atom stereocenters. The van der Waals surface area contributed by atoms with Crippen LogP contribution in [0.3, 0.4) is 0 Å². The zero-order valence-corrected chi connectivity index (χ0v) is 14.6. The third kappa shape index (κ3) is 4.53. The Balaban J connectivity index is 1.93. The standard InChI is InChI=1S/C19H13ClN4O3/c20-13-10-15(22-16(11-13)19(26)27)18(25)24-23-17(12-6-2-1-3-7-12)14-8-4-5-9-21-14/h1-11H,(H,24,25)(H,26,27)/p-1/b23-17-. The summed E-state index contributed by atoms with van der Waals surface area (Å²) in [5.74, 6) is -2.25. The van der Waals surface area contributed by atoms with E-state index in [1.165, 1.54) is 6.07 Å². The second-order valence-electron chi connectivity index (χ2n) is 5.33. The van der Waals surface area contributed by atoms with E-state index in [-0.39, 0.29) is 10.7 Å². The number of benzene rings is 1. The van der Waals surface area contributed by atoms with E-state index < -0.39 is 17.6 Å². The number of pyridine rings is 2. The number of halogens is 1. The molecule has 7 nitrogen and oxygen atoms in total. The first-order chi connectivity index (χ1) is 13.0. The molecule has 3 aromatic rings. The van der Waals surface area contributed by atoms with Crippen LogP contribution < -0.4 is 10.5 Å². The molecule has 0 radical (unpaired) electrons. The SMILES string of the molecule is O=C([O-])c1cc(Cl)cc(C(=O)N/N=C(/c2ccccc2)c2ccccn2)n1. The number of rotatable bonds is 5. The fourth-order valence-electron chi connectivity index (χ4n) is 2.25. The fourth-order valence-corrected chi connectivity index (χ4v) is 2.46. The normalized spacial score (nSPS) is 11.1. The van der Waals surface area contributed by atoms with E-state index in [1.807, 2.05) is 30.3 Å². The molecule has 0 aliphatic rings. The summed E-state index contributed by atoms with van der Waals surface area (Å²) in [6.45, 7) is 0. The van der Waals surface area contributed by atoms with Gasteiger partial charge in [-0.05, 0) is 24.3 Å². The van der Waals surface area contributed by atoms with Gasteiger partial charge < -0.3 is 9.90 Å². The highest BCUT2D eigenvalue weighted by atomic mass is 35.5. The Morgan fingerprint density at radius 2 is 1.67 bits per heavy atom. The average Bonchev–Trinajstić information content (AvgIpc) is 2.69. The molecule has 0 aliphatic heterocycles. The third-order valence-electron chi connectivity index (χ3n) is 3.46. The van der Waals surface area contributed by atoms with Crippen LogP contribution in [0.25, 0.3) is 0 Å². The predicted molar refractivity (Wildman–Crippen MR) is 97.4 cm³/mol. The molecule has 1 aromatic carbocycles. The Bertz CT molecular complexity index is 966. The molecule has 0 unspecified atom stereocenters. The maximum absolute atomic E-state index is 12.4. The van der Waals surface area contributed by atoms with E-state index in [9.17, 15) is 14.7 Å². The van der Waals surface area contributed by atoms with E-state index in [4.69, 9.17) is 11.6 Å². The highest BCUT2D eigenvalue weighted by molar-refractivity contribution is 6.31. The number of carbonyl (C=O) groups excluding carboxylic acids is 2. The van der Waals surface area contributed by atoms with Gasteiger partial charge in [0.1, 0.15) is 11.4 Å². The number of carboxylic acid groups (broad SMARTS) is 1. The van der Waals surface area contributed by atoms with Gasteiger partial charge in [0.25, 0.3) is 5.91 Å². The van der Waals surface area contributed by atoms with E-state index in [0.29, 0.717) is 11.4 Å². The molecular formula is C19H12ClN4O3-. The van der Waals surface area contributed by atoms with Crippen molar-refractivity contribution in [2.45, 2.75) is 0 Å². The maximum Gasteiger partial charge on any atom is 0.290 e. The Hall–Kier alpha value is -3.58. The number of nitrogens with zero attached hydrogens (tertiary/aromatic N) is 3. The second-order valence-corrected chi connectivity index (χ2v) is 5.76. The van der Waals surface area contributed by atoms with Crippen molar-refractivity contribution < 1.29 is 14.7 Å². The van der Waals surface area contributed by atoms with Crippen molar-refractivity contribution in [3.05, 3.63) is 94.5 Å². The van der Waals surface area contributed by atoms with E-state index in [1.54, 1.807) is 24.4 Å². The first-order valence-corrected chi connectivity index (χ1v) is 8.16. The zero-order chi connectivity index (χ0) is 19.2. The van der Waals surface area contributed by atoms with Crippen LogP contribution in [-0.4, -0.2) is 27.6 Å². The van der Waals surface area contributed by atoms with Gasteiger partial charge in [0, 0.05) is 16.8 Å². The lowest BCUT2D eigenvalue weighted by molar-refractivity contribution is -0.255. The number of amides is 1. The van der Waals surface area contributed by atoms with E-state index >= 15 is 0 Å². The molecule has 2 heterocycles. The highest BCUT2D eigenvalue weighted by Crippen LogP contribution is 2.12. The molecule has 0 spiro atoms. The first-order valence-electron chi connectivity index (χ1n) is 7.78. The second kappa shape index (κ2) is 8.20. The van der Waals surface area contributed by atoms with Gasteiger partial charge in [-0.15, -0.1) is 0 Å². The number of hydrazone groups is 1. The molecule has 2 aromatic heterocycles. The van der Waals surface area contributed by atoms with Crippen molar-refractivity contribution in [1.82, 2.24) is 15.4 Å². The summed E-state index contributed by atoms with van der Waals surface area (Å²) in [4.78, 5) is 31.3. The minimum absolute atomic E-state index is 0.0475. The smallest absolute Gasteiger partial charge is 0.290 e. The molecule has 0 aliphatic carbocycles. The summed E-state index contributed by atoms with van der Waals surface area (Å²) in [6.07, 6.45) is 1.61. The van der Waals surface area contributed by atoms with Crippen molar-refractivity contribution in [2.75, 3.05) is 0 Å². The fraction of sp³-hybridized carbons (Fsp3) is 0. The number of nitrogens with one attached hydrogen (secondary N) is 1. The topological polar surface area (TPSA) is 107 Å². The number of carbonyl (C=O) groups is 2. The van der Waals surface area contributed by atoms with Crippen molar-refractivity contribution in [3.63, 3.8) is 0 Å². The largest absolute Gasteiger partial charge is 0.543 e. The van der Waals surface area contributed by atoms with Crippen LogP contribution in [0.5, 0.6) is 0 Å². The maximum atomic E-state index is 12.4. The van der Waals surface area contributed by atoms with Crippen LogP contribution in [-0.2, 0) is 0 Å². The van der Waals surface area contributed by atoms with Crippen LogP contribution in [0.1, 0.15) is 32.2 Å². The number of aromatic nitrogens is 2.